The Morgan fingerprint density at radius 1 is 0.947 bits per heavy atom. The molecule has 0 aliphatic heterocycles. The second-order valence-electron chi connectivity index (χ2n) is 4.47. The maximum absolute atomic E-state index is 11.3. The molecule has 0 aliphatic rings. The zero-order valence-corrected chi connectivity index (χ0v) is 11.5. The summed E-state index contributed by atoms with van der Waals surface area (Å²) in [5, 5.41) is 13.3. The van der Waals surface area contributed by atoms with E-state index in [9.17, 15) is 14.4 Å². The van der Waals surface area contributed by atoms with E-state index in [1.54, 1.807) is 0 Å². The van der Waals surface area contributed by atoms with Crippen LogP contribution < -0.4 is 10.6 Å². The van der Waals surface area contributed by atoms with Gasteiger partial charge in [0.1, 0.15) is 0 Å². The molecule has 0 radical (unpaired) electrons. The number of nitrogens with one attached hydrogen (secondary N) is 2. The van der Waals surface area contributed by atoms with Crippen LogP contribution in [0.3, 0.4) is 0 Å². The van der Waals surface area contributed by atoms with E-state index in [-0.39, 0.29) is 18.7 Å². The average Bonchev–Trinajstić information content (AvgIpc) is 2.34. The summed E-state index contributed by atoms with van der Waals surface area (Å²) in [7, 11) is 0. The fraction of sp³-hybridized carbons (Fsp3) is 0.769. The number of rotatable bonds is 10. The summed E-state index contributed by atoms with van der Waals surface area (Å²) in [5.74, 6) is -1.23. The third-order valence-electron chi connectivity index (χ3n) is 2.61. The van der Waals surface area contributed by atoms with E-state index in [0.29, 0.717) is 19.4 Å². The summed E-state index contributed by atoms with van der Waals surface area (Å²) in [6.45, 7) is 2.68. The van der Waals surface area contributed by atoms with Gasteiger partial charge in [0.25, 0.3) is 0 Å². The predicted molar refractivity (Wildman–Crippen MR) is 71.8 cm³/mol. The summed E-state index contributed by atoms with van der Waals surface area (Å²) in [6.07, 6.45) is 5.41. The van der Waals surface area contributed by atoms with Crippen LogP contribution in [0.5, 0.6) is 0 Å². The molecule has 0 spiro atoms. The first kappa shape index (κ1) is 17.4. The maximum atomic E-state index is 11.3. The SMILES string of the molecule is CCCCCCNC(=O)NC(=O)CCCCC(=O)O. The predicted octanol–water partition coefficient (Wildman–Crippen LogP) is 2.04. The van der Waals surface area contributed by atoms with Crippen LogP contribution in [0.15, 0.2) is 0 Å². The first-order valence-corrected chi connectivity index (χ1v) is 6.85. The molecule has 0 rings (SSSR count). The van der Waals surface area contributed by atoms with E-state index in [0.717, 1.165) is 25.7 Å². The number of hydrogen-bond acceptors (Lipinski definition) is 3. The molecule has 3 amide bonds. The maximum Gasteiger partial charge on any atom is 0.321 e. The molecule has 0 aromatic carbocycles. The number of amides is 3. The Morgan fingerprint density at radius 3 is 2.26 bits per heavy atom. The van der Waals surface area contributed by atoms with Crippen molar-refractivity contribution in [3.63, 3.8) is 0 Å². The van der Waals surface area contributed by atoms with Crippen LogP contribution in [0.4, 0.5) is 4.79 Å². The molecule has 110 valence electrons. The molecule has 0 heterocycles. The van der Waals surface area contributed by atoms with Gasteiger partial charge in [-0.2, -0.15) is 0 Å². The second kappa shape index (κ2) is 11.5. The molecule has 0 bridgehead atoms. The summed E-state index contributed by atoms with van der Waals surface area (Å²) < 4.78 is 0. The highest BCUT2D eigenvalue weighted by atomic mass is 16.4. The largest absolute Gasteiger partial charge is 0.481 e. The molecule has 0 aromatic heterocycles. The van der Waals surface area contributed by atoms with Crippen molar-refractivity contribution >= 4 is 17.9 Å². The van der Waals surface area contributed by atoms with Gasteiger partial charge in [0.05, 0.1) is 0 Å². The van der Waals surface area contributed by atoms with Crippen molar-refractivity contribution in [2.75, 3.05) is 6.54 Å². The third kappa shape index (κ3) is 12.7. The van der Waals surface area contributed by atoms with Gasteiger partial charge in [-0.05, 0) is 19.3 Å². The Kier molecular flexibility index (Phi) is 10.5. The zero-order valence-electron chi connectivity index (χ0n) is 11.5. The van der Waals surface area contributed by atoms with Gasteiger partial charge in [-0.15, -0.1) is 0 Å². The van der Waals surface area contributed by atoms with Crippen LogP contribution in [0.2, 0.25) is 0 Å². The number of carboxylic acids is 1. The van der Waals surface area contributed by atoms with Gasteiger partial charge in [-0.1, -0.05) is 26.2 Å². The Bertz CT molecular complexity index is 292. The molecular weight excluding hydrogens is 248 g/mol. The van der Waals surface area contributed by atoms with Crippen LogP contribution in [0, 0.1) is 0 Å². The number of hydrogen-bond donors (Lipinski definition) is 3. The van der Waals surface area contributed by atoms with E-state index in [2.05, 4.69) is 17.6 Å². The average molecular weight is 272 g/mol. The van der Waals surface area contributed by atoms with Crippen molar-refractivity contribution in [3.8, 4) is 0 Å². The first-order chi connectivity index (χ1) is 9.06. The highest BCUT2D eigenvalue weighted by Gasteiger charge is 2.07. The number of aliphatic carboxylic acids is 1. The summed E-state index contributed by atoms with van der Waals surface area (Å²) in [6, 6.07) is -0.472. The van der Waals surface area contributed by atoms with E-state index < -0.39 is 12.0 Å². The minimum atomic E-state index is -0.870. The quantitative estimate of drug-likeness (QED) is 0.530. The smallest absolute Gasteiger partial charge is 0.321 e. The molecule has 0 aromatic rings. The Morgan fingerprint density at radius 2 is 1.63 bits per heavy atom. The molecule has 6 heteroatoms. The van der Waals surface area contributed by atoms with Gasteiger partial charge < -0.3 is 10.4 Å². The molecule has 0 saturated carbocycles. The standard InChI is InChI=1S/C13H24N2O4/c1-2-3-4-7-10-14-13(19)15-11(16)8-5-6-9-12(17)18/h2-10H2,1H3,(H,17,18)(H2,14,15,16,19). The number of carbonyl (C=O) groups is 3. The minimum Gasteiger partial charge on any atom is -0.481 e. The Balaban J connectivity index is 3.47. The topological polar surface area (TPSA) is 95.5 Å². The summed E-state index contributed by atoms with van der Waals surface area (Å²) in [4.78, 5) is 32.9. The number of imide groups is 1. The number of unbranched alkanes of at least 4 members (excludes halogenated alkanes) is 4. The molecular formula is C13H24N2O4. The molecule has 0 fully saturated rings. The van der Waals surface area contributed by atoms with E-state index in [1.165, 1.54) is 0 Å². The minimum absolute atomic E-state index is 0.0525. The Labute approximate surface area is 113 Å². The lowest BCUT2D eigenvalue weighted by Gasteiger charge is -2.06. The molecule has 6 nitrogen and oxygen atoms in total. The van der Waals surface area contributed by atoms with Crippen molar-refractivity contribution in [2.24, 2.45) is 0 Å². The molecule has 0 unspecified atom stereocenters. The first-order valence-electron chi connectivity index (χ1n) is 6.85. The van der Waals surface area contributed by atoms with Crippen molar-refractivity contribution in [1.29, 1.82) is 0 Å². The van der Waals surface area contributed by atoms with Crippen molar-refractivity contribution in [2.45, 2.75) is 58.3 Å². The van der Waals surface area contributed by atoms with Gasteiger partial charge in [-0.25, -0.2) is 4.79 Å². The van der Waals surface area contributed by atoms with Crippen LogP contribution in [0.1, 0.15) is 58.3 Å². The van der Waals surface area contributed by atoms with E-state index >= 15 is 0 Å². The monoisotopic (exact) mass is 272 g/mol. The van der Waals surface area contributed by atoms with Crippen LogP contribution in [0.25, 0.3) is 0 Å². The summed E-state index contributed by atoms with van der Waals surface area (Å²) >= 11 is 0. The lowest BCUT2D eigenvalue weighted by molar-refractivity contribution is -0.137. The van der Waals surface area contributed by atoms with Gasteiger partial charge in [0.15, 0.2) is 0 Å². The lowest BCUT2D eigenvalue weighted by Crippen LogP contribution is -2.39. The normalized spacial score (nSPS) is 9.95. The molecule has 0 atom stereocenters. The van der Waals surface area contributed by atoms with Crippen LogP contribution in [-0.2, 0) is 9.59 Å². The third-order valence-corrected chi connectivity index (χ3v) is 2.61. The number of carboxylic acid groups (broad SMARTS) is 1. The lowest BCUT2D eigenvalue weighted by atomic mass is 10.2. The number of carbonyl (C=O) groups excluding carboxylic acids is 2. The van der Waals surface area contributed by atoms with Crippen LogP contribution >= 0.6 is 0 Å². The molecule has 19 heavy (non-hydrogen) atoms. The molecule has 0 saturated heterocycles. The highest BCUT2D eigenvalue weighted by Crippen LogP contribution is 1.99. The molecule has 0 aliphatic carbocycles. The van der Waals surface area contributed by atoms with Crippen molar-refractivity contribution in [3.05, 3.63) is 0 Å². The molecule has 3 N–H and O–H groups in total. The zero-order chi connectivity index (χ0) is 14.5. The highest BCUT2D eigenvalue weighted by molar-refractivity contribution is 5.94. The van der Waals surface area contributed by atoms with E-state index in [4.69, 9.17) is 5.11 Å². The number of urea groups is 1. The van der Waals surface area contributed by atoms with Gasteiger partial charge >= 0.3 is 12.0 Å². The van der Waals surface area contributed by atoms with Crippen LogP contribution in [-0.4, -0.2) is 29.6 Å². The fourth-order valence-electron chi connectivity index (χ4n) is 1.55. The van der Waals surface area contributed by atoms with Gasteiger partial charge in [0.2, 0.25) is 5.91 Å². The summed E-state index contributed by atoms with van der Waals surface area (Å²) in [5.41, 5.74) is 0. The Hall–Kier alpha value is -1.59. The van der Waals surface area contributed by atoms with Crippen molar-refractivity contribution in [1.82, 2.24) is 10.6 Å². The van der Waals surface area contributed by atoms with Gasteiger partial charge in [-0.3, -0.25) is 14.9 Å². The fourth-order valence-corrected chi connectivity index (χ4v) is 1.55. The van der Waals surface area contributed by atoms with Crippen molar-refractivity contribution < 1.29 is 19.5 Å². The second-order valence-corrected chi connectivity index (χ2v) is 4.47. The van der Waals surface area contributed by atoms with E-state index in [1.807, 2.05) is 0 Å². The van der Waals surface area contributed by atoms with Gasteiger partial charge in [0, 0.05) is 19.4 Å².